The number of hydrogen-bond donors (Lipinski definition) is 1. The van der Waals surface area contributed by atoms with Gasteiger partial charge in [0.1, 0.15) is 6.07 Å². The molecule has 4 heteroatoms. The van der Waals surface area contributed by atoms with Gasteiger partial charge >= 0.3 is 5.97 Å². The van der Waals surface area contributed by atoms with Crippen LogP contribution in [0.5, 0.6) is 0 Å². The lowest BCUT2D eigenvalue weighted by Gasteiger charge is -2.04. The second-order valence-corrected chi connectivity index (χ2v) is 3.49. The summed E-state index contributed by atoms with van der Waals surface area (Å²) in [6.45, 7) is 3.87. The molecule has 0 aliphatic rings. The van der Waals surface area contributed by atoms with Crippen molar-refractivity contribution in [2.24, 2.45) is 0 Å². The lowest BCUT2D eigenvalue weighted by atomic mass is 10.0. The molecule has 0 bridgehead atoms. The third-order valence-electron chi connectivity index (χ3n) is 2.25. The normalized spacial score (nSPS) is 10.8. The van der Waals surface area contributed by atoms with E-state index < -0.39 is 0 Å². The quantitative estimate of drug-likeness (QED) is 0.490. The molecule has 0 spiro atoms. The molecule has 0 amide bonds. The van der Waals surface area contributed by atoms with Crippen LogP contribution < -0.4 is 5.73 Å². The van der Waals surface area contributed by atoms with Gasteiger partial charge in [-0.15, -0.1) is 0 Å². The molecule has 2 N–H and O–H groups in total. The van der Waals surface area contributed by atoms with Crippen LogP contribution >= 0.6 is 0 Å². The third-order valence-corrected chi connectivity index (χ3v) is 2.25. The van der Waals surface area contributed by atoms with Gasteiger partial charge in [0, 0.05) is 11.8 Å². The fourth-order valence-corrected chi connectivity index (χ4v) is 1.34. The number of esters is 1. The molecule has 0 heterocycles. The van der Waals surface area contributed by atoms with Gasteiger partial charge in [0.15, 0.2) is 0 Å². The first-order valence-corrected chi connectivity index (χ1v) is 5.23. The number of carbonyl (C=O) groups is 1. The number of nitrogen functional groups attached to an aromatic ring is 1. The van der Waals surface area contributed by atoms with Gasteiger partial charge in [-0.2, -0.15) is 5.26 Å². The highest BCUT2D eigenvalue weighted by molar-refractivity contribution is 5.91. The Labute approximate surface area is 100 Å². The van der Waals surface area contributed by atoms with E-state index in [0.717, 1.165) is 11.1 Å². The minimum atomic E-state index is -0.389. The van der Waals surface area contributed by atoms with Crippen molar-refractivity contribution in [3.8, 4) is 6.07 Å². The summed E-state index contributed by atoms with van der Waals surface area (Å²) in [5.41, 5.74) is 7.97. The van der Waals surface area contributed by atoms with Crippen LogP contribution in [0.3, 0.4) is 0 Å². The van der Waals surface area contributed by atoms with E-state index in [-0.39, 0.29) is 5.97 Å². The molecule has 0 unspecified atom stereocenters. The molecular weight excluding hydrogens is 216 g/mol. The summed E-state index contributed by atoms with van der Waals surface area (Å²) in [5, 5.41) is 8.85. The predicted octanol–water partition coefficient (Wildman–Crippen LogP) is 2.11. The van der Waals surface area contributed by atoms with Gasteiger partial charge in [-0.05, 0) is 37.1 Å². The van der Waals surface area contributed by atoms with Gasteiger partial charge in [-0.25, -0.2) is 4.79 Å². The van der Waals surface area contributed by atoms with Gasteiger partial charge < -0.3 is 10.5 Å². The van der Waals surface area contributed by atoms with E-state index in [1.165, 1.54) is 6.08 Å². The Morgan fingerprint density at radius 3 is 2.88 bits per heavy atom. The highest BCUT2D eigenvalue weighted by atomic mass is 16.5. The SMILES string of the molecule is CCOC(=O)/C=C(\C)c1ccc(N)c(C#N)c1. The summed E-state index contributed by atoms with van der Waals surface area (Å²) in [4.78, 5) is 11.3. The molecule has 1 aromatic carbocycles. The second kappa shape index (κ2) is 5.71. The average Bonchev–Trinajstić information content (AvgIpc) is 2.29. The monoisotopic (exact) mass is 230 g/mol. The zero-order valence-electron chi connectivity index (χ0n) is 9.86. The first-order chi connectivity index (χ1) is 8.08. The van der Waals surface area contributed by atoms with Crippen LogP contribution in [-0.2, 0) is 9.53 Å². The van der Waals surface area contributed by atoms with E-state index >= 15 is 0 Å². The zero-order chi connectivity index (χ0) is 12.8. The van der Waals surface area contributed by atoms with Crippen molar-refractivity contribution >= 4 is 17.2 Å². The van der Waals surface area contributed by atoms with Crippen molar-refractivity contribution in [1.82, 2.24) is 0 Å². The summed E-state index contributed by atoms with van der Waals surface area (Å²) in [6.07, 6.45) is 1.40. The first kappa shape index (κ1) is 12.8. The number of benzene rings is 1. The molecule has 0 saturated heterocycles. The number of allylic oxidation sites excluding steroid dienone is 1. The Morgan fingerprint density at radius 2 is 2.29 bits per heavy atom. The van der Waals surface area contributed by atoms with Crippen molar-refractivity contribution in [1.29, 1.82) is 5.26 Å². The van der Waals surface area contributed by atoms with Crippen LogP contribution in [0.1, 0.15) is 25.0 Å². The number of hydrogen-bond acceptors (Lipinski definition) is 4. The molecule has 0 fully saturated rings. The molecule has 0 aliphatic carbocycles. The van der Waals surface area contributed by atoms with Crippen LogP contribution in [0, 0.1) is 11.3 Å². The number of nitriles is 1. The summed E-state index contributed by atoms with van der Waals surface area (Å²) in [5.74, 6) is -0.389. The average molecular weight is 230 g/mol. The Kier molecular flexibility index (Phi) is 4.29. The van der Waals surface area contributed by atoms with Gasteiger partial charge in [-0.1, -0.05) is 6.07 Å². The van der Waals surface area contributed by atoms with E-state index in [1.807, 2.05) is 6.07 Å². The second-order valence-electron chi connectivity index (χ2n) is 3.49. The number of rotatable bonds is 3. The lowest BCUT2D eigenvalue weighted by Crippen LogP contribution is -2.00. The molecule has 0 radical (unpaired) electrons. The molecule has 0 aromatic heterocycles. The van der Waals surface area contributed by atoms with E-state index in [9.17, 15) is 4.79 Å². The van der Waals surface area contributed by atoms with Gasteiger partial charge in [0.25, 0.3) is 0 Å². The van der Waals surface area contributed by atoms with E-state index in [0.29, 0.717) is 17.9 Å². The molecular formula is C13H14N2O2. The van der Waals surface area contributed by atoms with Crippen molar-refractivity contribution in [3.05, 3.63) is 35.4 Å². The van der Waals surface area contributed by atoms with Crippen LogP contribution in [0.25, 0.3) is 5.57 Å². The Bertz CT molecular complexity index is 499. The molecule has 0 saturated carbocycles. The topological polar surface area (TPSA) is 76.1 Å². The zero-order valence-corrected chi connectivity index (χ0v) is 9.86. The maximum atomic E-state index is 11.3. The molecule has 0 atom stereocenters. The number of nitrogens with two attached hydrogens (primary N) is 1. The van der Waals surface area contributed by atoms with Gasteiger partial charge in [-0.3, -0.25) is 0 Å². The molecule has 4 nitrogen and oxygen atoms in total. The maximum Gasteiger partial charge on any atom is 0.331 e. The molecule has 17 heavy (non-hydrogen) atoms. The number of anilines is 1. The predicted molar refractivity (Wildman–Crippen MR) is 65.9 cm³/mol. The van der Waals surface area contributed by atoms with Crippen molar-refractivity contribution in [3.63, 3.8) is 0 Å². The van der Waals surface area contributed by atoms with Gasteiger partial charge in [0.2, 0.25) is 0 Å². The van der Waals surface area contributed by atoms with Crippen molar-refractivity contribution in [2.75, 3.05) is 12.3 Å². The molecule has 0 aliphatic heterocycles. The smallest absolute Gasteiger partial charge is 0.331 e. The molecule has 88 valence electrons. The minimum absolute atomic E-state index is 0.341. The fraction of sp³-hybridized carbons (Fsp3) is 0.231. The summed E-state index contributed by atoms with van der Waals surface area (Å²) in [7, 11) is 0. The summed E-state index contributed by atoms with van der Waals surface area (Å²) in [6, 6.07) is 7.07. The molecule has 1 aromatic rings. The van der Waals surface area contributed by atoms with Crippen molar-refractivity contribution in [2.45, 2.75) is 13.8 Å². The van der Waals surface area contributed by atoms with E-state index in [1.54, 1.807) is 32.0 Å². The first-order valence-electron chi connectivity index (χ1n) is 5.23. The number of nitrogens with zero attached hydrogens (tertiary/aromatic N) is 1. The Balaban J connectivity index is 3.01. The Hall–Kier alpha value is -2.28. The van der Waals surface area contributed by atoms with Crippen molar-refractivity contribution < 1.29 is 9.53 Å². The van der Waals surface area contributed by atoms with E-state index in [2.05, 4.69) is 0 Å². The highest BCUT2D eigenvalue weighted by Gasteiger charge is 2.04. The maximum absolute atomic E-state index is 11.3. The molecule has 1 rings (SSSR count). The highest BCUT2D eigenvalue weighted by Crippen LogP contribution is 2.19. The Morgan fingerprint density at radius 1 is 1.59 bits per heavy atom. The fourth-order valence-electron chi connectivity index (χ4n) is 1.34. The van der Waals surface area contributed by atoms with E-state index in [4.69, 9.17) is 15.7 Å². The van der Waals surface area contributed by atoms with Crippen LogP contribution in [0.2, 0.25) is 0 Å². The third kappa shape index (κ3) is 3.35. The summed E-state index contributed by atoms with van der Waals surface area (Å²) < 4.78 is 4.81. The largest absolute Gasteiger partial charge is 0.463 e. The van der Waals surface area contributed by atoms with Gasteiger partial charge in [0.05, 0.1) is 12.2 Å². The lowest BCUT2D eigenvalue weighted by molar-refractivity contribution is -0.137. The van der Waals surface area contributed by atoms with Crippen LogP contribution in [0.15, 0.2) is 24.3 Å². The van der Waals surface area contributed by atoms with Crippen LogP contribution in [-0.4, -0.2) is 12.6 Å². The number of ether oxygens (including phenoxy) is 1. The minimum Gasteiger partial charge on any atom is -0.463 e. The standard InChI is InChI=1S/C13H14N2O2/c1-3-17-13(16)6-9(2)10-4-5-12(15)11(7-10)8-14/h4-7H,3,15H2,1-2H3/b9-6+. The summed E-state index contributed by atoms with van der Waals surface area (Å²) >= 11 is 0. The van der Waals surface area contributed by atoms with Crippen LogP contribution in [0.4, 0.5) is 5.69 Å². The number of carbonyl (C=O) groups excluding carboxylic acids is 1.